The van der Waals surface area contributed by atoms with Crippen LogP contribution in [0.2, 0.25) is 5.02 Å². The van der Waals surface area contributed by atoms with Gasteiger partial charge in [-0.15, -0.1) is 0 Å². The number of hydrogen-bond acceptors (Lipinski definition) is 3. The van der Waals surface area contributed by atoms with E-state index >= 15 is 0 Å². The summed E-state index contributed by atoms with van der Waals surface area (Å²) in [6, 6.07) is 18.9. The number of unbranched alkanes of at least 4 members (excludes halogenated alkanes) is 1. The number of amides is 1. The lowest BCUT2D eigenvalue weighted by Gasteiger charge is -2.25. The van der Waals surface area contributed by atoms with E-state index in [4.69, 9.17) is 11.6 Å². The van der Waals surface area contributed by atoms with Crippen LogP contribution in [0.5, 0.6) is 0 Å². The van der Waals surface area contributed by atoms with Crippen molar-refractivity contribution in [1.29, 1.82) is 0 Å². The van der Waals surface area contributed by atoms with Crippen LogP contribution in [-0.4, -0.2) is 20.9 Å². The van der Waals surface area contributed by atoms with Gasteiger partial charge in [-0.05, 0) is 91.9 Å². The number of rotatable bonds is 9. The molecule has 33 heavy (non-hydrogen) atoms. The van der Waals surface area contributed by atoms with Crippen molar-refractivity contribution in [1.82, 2.24) is 0 Å². The van der Waals surface area contributed by atoms with E-state index in [0.29, 0.717) is 16.4 Å². The first-order valence-corrected chi connectivity index (χ1v) is 12.8. The molecule has 1 N–H and O–H groups in total. The first-order valence-electron chi connectivity index (χ1n) is 10.9. The van der Waals surface area contributed by atoms with Crippen molar-refractivity contribution in [2.45, 2.75) is 44.9 Å². The number of hydrogen-bond donors (Lipinski definition) is 1. The number of nitrogens with one attached hydrogen (secondary N) is 1. The molecule has 1 amide bonds. The molecule has 0 saturated heterocycles. The Balaban J connectivity index is 1.87. The Morgan fingerprint density at radius 3 is 2.21 bits per heavy atom. The Labute approximate surface area is 201 Å². The predicted octanol–water partition coefficient (Wildman–Crippen LogP) is 6.13. The van der Waals surface area contributed by atoms with Crippen LogP contribution in [0.15, 0.2) is 71.6 Å². The monoisotopic (exact) mass is 484 g/mol. The molecule has 0 atom stereocenters. The largest absolute Gasteiger partial charge is 0.325 e. The van der Waals surface area contributed by atoms with Crippen molar-refractivity contribution >= 4 is 38.9 Å². The standard InChI is InChI=1S/C26H29ClN2O3S/c1-4-5-6-21-8-12-23(13-9-21)28-26(30)18-29(24-14-7-19(2)20(3)17-24)33(31,32)25-15-10-22(27)11-16-25/h7-17H,4-6,18H2,1-3H3,(H,28,30). The number of benzene rings is 3. The van der Waals surface area contributed by atoms with Crippen molar-refractivity contribution in [3.63, 3.8) is 0 Å². The summed E-state index contributed by atoms with van der Waals surface area (Å²) in [4.78, 5) is 13.0. The van der Waals surface area contributed by atoms with Crippen molar-refractivity contribution < 1.29 is 13.2 Å². The third-order valence-corrected chi connectivity index (χ3v) is 7.56. The fraction of sp³-hybridized carbons (Fsp3) is 0.269. The van der Waals surface area contributed by atoms with E-state index < -0.39 is 15.9 Å². The second-order valence-corrected chi connectivity index (χ2v) is 10.4. The molecule has 0 heterocycles. The van der Waals surface area contributed by atoms with Crippen LogP contribution in [-0.2, 0) is 21.2 Å². The average Bonchev–Trinajstić information content (AvgIpc) is 2.79. The summed E-state index contributed by atoms with van der Waals surface area (Å²) < 4.78 is 28.1. The molecule has 0 aromatic heterocycles. The van der Waals surface area contributed by atoms with Gasteiger partial charge in [0, 0.05) is 10.7 Å². The van der Waals surface area contributed by atoms with Crippen LogP contribution in [0.25, 0.3) is 0 Å². The molecule has 0 aliphatic heterocycles. The summed E-state index contributed by atoms with van der Waals surface area (Å²) in [7, 11) is -3.99. The van der Waals surface area contributed by atoms with Crippen LogP contribution >= 0.6 is 11.6 Å². The molecule has 3 aromatic carbocycles. The number of nitrogens with zero attached hydrogens (tertiary/aromatic N) is 1. The van der Waals surface area contributed by atoms with Crippen molar-refractivity contribution in [3.05, 3.63) is 88.4 Å². The molecule has 3 aromatic rings. The summed E-state index contributed by atoms with van der Waals surface area (Å²) in [6.45, 7) is 5.65. The normalized spacial score (nSPS) is 11.3. The Bertz CT molecular complexity index is 1210. The molecule has 0 bridgehead atoms. The molecule has 3 rings (SSSR count). The third-order valence-electron chi connectivity index (χ3n) is 5.52. The molecule has 0 unspecified atom stereocenters. The molecule has 7 heteroatoms. The summed E-state index contributed by atoms with van der Waals surface area (Å²) in [5.74, 6) is -0.424. The quantitative estimate of drug-likeness (QED) is 0.397. The van der Waals surface area contributed by atoms with Gasteiger partial charge in [-0.2, -0.15) is 0 Å². The Morgan fingerprint density at radius 1 is 0.939 bits per heavy atom. The van der Waals surface area contributed by atoms with Gasteiger partial charge < -0.3 is 5.32 Å². The number of carbonyl (C=O) groups is 1. The van der Waals surface area contributed by atoms with E-state index in [2.05, 4.69) is 12.2 Å². The van der Waals surface area contributed by atoms with Crippen LogP contribution in [0.3, 0.4) is 0 Å². The maximum absolute atomic E-state index is 13.5. The van der Waals surface area contributed by atoms with Gasteiger partial charge in [0.1, 0.15) is 6.54 Å². The topological polar surface area (TPSA) is 66.5 Å². The second-order valence-electron chi connectivity index (χ2n) is 8.08. The highest BCUT2D eigenvalue weighted by atomic mass is 35.5. The van der Waals surface area contributed by atoms with Crippen molar-refractivity contribution in [3.8, 4) is 0 Å². The molecule has 0 spiro atoms. The molecule has 0 aliphatic carbocycles. The highest BCUT2D eigenvalue weighted by Crippen LogP contribution is 2.26. The Morgan fingerprint density at radius 2 is 1.61 bits per heavy atom. The fourth-order valence-corrected chi connectivity index (χ4v) is 4.93. The van der Waals surface area contributed by atoms with Crippen molar-refractivity contribution in [2.24, 2.45) is 0 Å². The lowest BCUT2D eigenvalue weighted by molar-refractivity contribution is -0.114. The smallest absolute Gasteiger partial charge is 0.264 e. The van der Waals surface area contributed by atoms with Gasteiger partial charge in [-0.25, -0.2) is 8.42 Å². The highest BCUT2D eigenvalue weighted by Gasteiger charge is 2.27. The second kappa shape index (κ2) is 10.9. The molecular weight excluding hydrogens is 456 g/mol. The van der Waals surface area contributed by atoms with Gasteiger partial charge in [-0.3, -0.25) is 9.10 Å². The molecule has 0 saturated carbocycles. The minimum atomic E-state index is -3.99. The van der Waals surface area contributed by atoms with E-state index in [9.17, 15) is 13.2 Å². The number of aryl methyl sites for hydroxylation is 3. The zero-order valence-corrected chi connectivity index (χ0v) is 20.7. The van der Waals surface area contributed by atoms with E-state index in [1.165, 1.54) is 29.8 Å². The number of sulfonamides is 1. The van der Waals surface area contributed by atoms with Crippen LogP contribution in [0.1, 0.15) is 36.5 Å². The fourth-order valence-electron chi connectivity index (χ4n) is 3.40. The van der Waals surface area contributed by atoms with Gasteiger partial charge in [0.2, 0.25) is 5.91 Å². The predicted molar refractivity (Wildman–Crippen MR) is 136 cm³/mol. The summed E-state index contributed by atoms with van der Waals surface area (Å²) in [6.07, 6.45) is 3.22. The number of anilines is 2. The highest BCUT2D eigenvalue weighted by molar-refractivity contribution is 7.92. The first kappa shape index (κ1) is 24.8. The van der Waals surface area contributed by atoms with Crippen molar-refractivity contribution in [2.75, 3.05) is 16.2 Å². The lowest BCUT2D eigenvalue weighted by Crippen LogP contribution is -2.38. The van der Waals surface area contributed by atoms with E-state index in [1.807, 2.05) is 44.2 Å². The molecule has 0 aliphatic rings. The Hall–Kier alpha value is -2.83. The van der Waals surface area contributed by atoms with E-state index in [0.717, 1.165) is 34.7 Å². The third kappa shape index (κ3) is 6.36. The van der Waals surface area contributed by atoms with Gasteiger partial charge in [-0.1, -0.05) is 43.1 Å². The van der Waals surface area contributed by atoms with Crippen LogP contribution < -0.4 is 9.62 Å². The zero-order chi connectivity index (χ0) is 24.0. The SMILES string of the molecule is CCCCc1ccc(NC(=O)CN(c2ccc(C)c(C)c2)S(=O)(=O)c2ccc(Cl)cc2)cc1. The lowest BCUT2D eigenvalue weighted by atomic mass is 10.1. The maximum atomic E-state index is 13.5. The minimum absolute atomic E-state index is 0.0678. The van der Waals surface area contributed by atoms with Gasteiger partial charge in [0.15, 0.2) is 0 Å². The molecule has 0 fully saturated rings. The zero-order valence-electron chi connectivity index (χ0n) is 19.1. The molecule has 5 nitrogen and oxygen atoms in total. The first-order chi connectivity index (χ1) is 15.7. The molecule has 174 valence electrons. The van der Waals surface area contributed by atoms with Crippen LogP contribution in [0, 0.1) is 13.8 Å². The van der Waals surface area contributed by atoms with Gasteiger partial charge >= 0.3 is 0 Å². The Kier molecular flexibility index (Phi) is 8.16. The van der Waals surface area contributed by atoms with Gasteiger partial charge in [0.25, 0.3) is 10.0 Å². The molecule has 0 radical (unpaired) electrons. The minimum Gasteiger partial charge on any atom is -0.325 e. The average molecular weight is 485 g/mol. The molecular formula is C26H29ClN2O3S. The van der Waals surface area contributed by atoms with E-state index in [1.54, 1.807) is 12.1 Å². The number of halogens is 1. The van der Waals surface area contributed by atoms with E-state index in [-0.39, 0.29) is 11.4 Å². The number of carbonyl (C=O) groups excluding carboxylic acids is 1. The maximum Gasteiger partial charge on any atom is 0.264 e. The summed E-state index contributed by atoms with van der Waals surface area (Å²) >= 11 is 5.94. The summed E-state index contributed by atoms with van der Waals surface area (Å²) in [5, 5.41) is 3.25. The van der Waals surface area contributed by atoms with Gasteiger partial charge in [0.05, 0.1) is 10.6 Å². The van der Waals surface area contributed by atoms with Crippen LogP contribution in [0.4, 0.5) is 11.4 Å². The summed E-state index contributed by atoms with van der Waals surface area (Å²) in [5.41, 5.74) is 4.24.